The molecule has 13 rings (SSSR count). The van der Waals surface area contributed by atoms with Gasteiger partial charge in [-0.1, -0.05) is 270 Å². The number of para-hydroxylation sites is 1. The van der Waals surface area contributed by atoms with Gasteiger partial charge in [0.25, 0.3) is 6.47 Å². The number of methoxy groups -OCH3 is 4. The molecule has 4 saturated heterocycles. The number of alkyl halides is 1. The van der Waals surface area contributed by atoms with E-state index >= 15 is 0 Å². The van der Waals surface area contributed by atoms with Gasteiger partial charge in [-0.3, -0.25) is 24.0 Å². The fraction of sp³-hybridized carbons (Fsp3) is 0.404. The monoisotopic (exact) mass is 1820 g/mol. The Kier molecular flexibility index (Phi) is 107. The predicted octanol–water partition coefficient (Wildman–Crippen LogP) is 9.12. The number of carbonyl (C=O) groups is 5. The van der Waals surface area contributed by atoms with Crippen LogP contribution in [0.4, 0.5) is 5.69 Å². The molecule has 655 valence electrons. The minimum Gasteiger partial charge on any atom is -1.00 e. The number of Topliss-reactive ketones (excluding diaryl/α,β-unsaturated/α-hetero) is 3. The topological polar surface area (TPSA) is 209 Å². The molecule has 4 aliphatic heterocycles. The molecule has 23 heteroatoms. The number of rotatable bonds is 15. The van der Waals surface area contributed by atoms with E-state index in [-0.39, 0.29) is 155 Å². The molecule has 0 spiro atoms. The Hall–Kier alpha value is -4.45. The first kappa shape index (κ1) is 131. The maximum atomic E-state index is 11.1. The fourth-order valence-electron chi connectivity index (χ4n) is 10.5. The summed E-state index contributed by atoms with van der Waals surface area (Å²) >= 11 is 8.21. The van der Waals surface area contributed by atoms with Crippen molar-refractivity contribution in [3.05, 3.63) is 318 Å². The van der Waals surface area contributed by atoms with Crippen LogP contribution in [-0.2, 0) is 73.5 Å². The normalized spacial score (nSPS) is 12.8. The summed E-state index contributed by atoms with van der Waals surface area (Å²) in [6, 6.07) is 84.3. The molecule has 122 heavy (non-hydrogen) atoms. The number of piperidine rings is 4. The zero-order valence-electron chi connectivity index (χ0n) is 78.8. The number of aryl methyl sites for hydroxylation is 4. The van der Waals surface area contributed by atoms with E-state index in [1.165, 1.54) is 82.7 Å². The maximum Gasteiger partial charge on any atom is 1.00 e. The summed E-state index contributed by atoms with van der Waals surface area (Å²) in [7, 11) is 14.0. The molecule has 3 N–H and O–H groups in total. The van der Waals surface area contributed by atoms with E-state index in [1.807, 2.05) is 91.0 Å². The van der Waals surface area contributed by atoms with Gasteiger partial charge in [-0.2, -0.15) is 0 Å². The van der Waals surface area contributed by atoms with E-state index in [0.717, 1.165) is 129 Å². The largest absolute Gasteiger partial charge is 1.00 e. The van der Waals surface area contributed by atoms with E-state index in [4.69, 9.17) is 26.8 Å². The quantitative estimate of drug-likeness (QED) is 0.0166. The fourth-order valence-corrected chi connectivity index (χ4v) is 10.9. The van der Waals surface area contributed by atoms with Gasteiger partial charge >= 0.3 is 132 Å². The molecule has 5 aliphatic rings. The Morgan fingerprint density at radius 1 is 0.492 bits per heavy atom. The van der Waals surface area contributed by atoms with E-state index in [2.05, 4.69) is 275 Å². The Morgan fingerprint density at radius 3 is 0.951 bits per heavy atom. The number of hydrogen-bond donors (Lipinski definition) is 3. The van der Waals surface area contributed by atoms with Crippen LogP contribution in [0.1, 0.15) is 113 Å². The summed E-state index contributed by atoms with van der Waals surface area (Å²) in [5.74, 6) is 1.25. The second-order valence-electron chi connectivity index (χ2n) is 26.9. The summed E-state index contributed by atoms with van der Waals surface area (Å²) in [6.07, 6.45) is 22.7. The number of likely N-dealkylation sites (tertiary alicyclic amines) is 3. The van der Waals surface area contributed by atoms with Gasteiger partial charge in [0.2, 0.25) is 5.24 Å². The first-order valence-corrected chi connectivity index (χ1v) is 41.7. The molecule has 1 aliphatic carbocycles. The Balaban J connectivity index is -0.000000169. The van der Waals surface area contributed by atoms with E-state index in [1.54, 1.807) is 63.8 Å². The first-order chi connectivity index (χ1) is 57.3. The Morgan fingerprint density at radius 2 is 0.746 bits per heavy atom. The number of anilines is 1. The maximum absolute atomic E-state index is 11.1. The molecule has 0 bridgehead atoms. The van der Waals surface area contributed by atoms with Gasteiger partial charge in [0.15, 0.2) is 0 Å². The van der Waals surface area contributed by atoms with Crippen molar-refractivity contribution in [3.63, 3.8) is 0 Å². The van der Waals surface area contributed by atoms with Crippen molar-refractivity contribution in [2.24, 2.45) is 0 Å². The van der Waals surface area contributed by atoms with Crippen molar-refractivity contribution < 1.29 is 193 Å². The van der Waals surface area contributed by atoms with Gasteiger partial charge in [0.05, 0.1) is 11.6 Å². The molecule has 8 aromatic carbocycles. The zero-order valence-corrected chi connectivity index (χ0v) is 87.4. The van der Waals surface area contributed by atoms with Crippen LogP contribution in [0, 0.1) is 26.8 Å². The van der Waals surface area contributed by atoms with Crippen LogP contribution in [-0.4, -0.2) is 205 Å². The molecule has 0 atom stereocenters. The number of allylic oxidation sites excluding steroid dienone is 6. The summed E-state index contributed by atoms with van der Waals surface area (Å²) < 4.78 is 17.0. The number of ketones is 3. The second kappa shape index (κ2) is 100. The van der Waals surface area contributed by atoms with E-state index in [0.29, 0.717) is 29.8 Å². The van der Waals surface area contributed by atoms with E-state index in [9.17, 15) is 19.2 Å². The number of aliphatic hydroxyl groups is 1. The molecule has 4 heterocycles. The van der Waals surface area contributed by atoms with Crippen LogP contribution in [0.15, 0.2) is 273 Å². The van der Waals surface area contributed by atoms with Gasteiger partial charge < -0.3 is 62.4 Å². The van der Waals surface area contributed by atoms with Crippen LogP contribution in [0.2, 0.25) is 0 Å². The summed E-state index contributed by atoms with van der Waals surface area (Å²) in [6.45, 7) is 21.2. The minimum atomic E-state index is -0.273. The van der Waals surface area contributed by atoms with Crippen molar-refractivity contribution >= 4 is 70.7 Å². The van der Waals surface area contributed by atoms with E-state index < -0.39 is 0 Å². The number of benzene rings is 8. The zero-order chi connectivity index (χ0) is 88.0. The number of ether oxygens (including phenoxy) is 4. The third-order valence-electron chi connectivity index (χ3n) is 16.6. The average molecular weight is 1820 g/mol. The third-order valence-corrected chi connectivity index (χ3v) is 17.3. The molecular formula is C99H143BBrClK2N5NaO12+. The molecule has 4 fully saturated rings. The van der Waals surface area contributed by atoms with Gasteiger partial charge in [0.1, 0.15) is 29.5 Å². The summed E-state index contributed by atoms with van der Waals surface area (Å²) in [5.41, 5.74) is 12.1. The van der Waals surface area contributed by atoms with Crippen molar-refractivity contribution in [3.8, 4) is 0 Å². The minimum absolute atomic E-state index is 0. The van der Waals surface area contributed by atoms with Crippen LogP contribution in [0.3, 0.4) is 0 Å². The molecule has 0 saturated carbocycles. The SMILES string of the molecule is BrCCc1ccccc1.CC1=CC=C[C+]=C1.CCC(=O)Cl.CO.COC.COC.COC.COC.Cc1ccccc1.Cc1ccccc1.Cc1ccccc1.O=C1CCN(CCc2ccccc2)CC1.O=C1CCN(CCc2ccccc2)CC1.O=C1CCNCC1.O=CO[O-].[B].[H-].[H-].[K+].[K+].[Na+].c1ccc(CCN2CCC(Nc3ccccc3)CC2)cc1. The first-order valence-electron chi connectivity index (χ1n) is 40.2. The Labute approximate surface area is 861 Å². The standard InChI is InChI=1S/C19H24N2.2C13H17NO.C8H9Br.3C7H8.C7H7.C5H9NO.C3H5ClO.4C2H6O.CH2O3.CH4O.B.2K.Na.2H/c1-3-7-17(8-4-1)11-14-21-15-12-19(13-16-21)20-18-9-5-2-6-10-18;2*15-13-7-10-14(11-8-13)9-6-12-4-2-1-3-5-12;9-7-6-8-4-2-1-3-5-8;4*1-7-5-3-2-4-6-7;7-5-1-3-6-4-2-5;1-2-3(4)5;4*1-3-2;2-1-4-3;1-2;;;;;;/h1-10,19-20H,11-16H2;2*1-5H,6-11H2;1-5H,6-7H2;3*2-6H,1H3;2-3,5-6H,1H3;6H,1-4H2;2H2,1H3;4*1-2H3;1,3H;2H,1H3;;;;;;/q;;;;;;;+1;;;;;;;;;;3*+1;2*-1/p-1. The molecule has 3 radical (unpaired) electrons. The predicted molar refractivity (Wildman–Crippen MR) is 503 cm³/mol. The molecular weight excluding hydrogens is 1680 g/mol. The van der Waals surface area contributed by atoms with Crippen LogP contribution < -0.4 is 148 Å². The van der Waals surface area contributed by atoms with Crippen molar-refractivity contribution in [1.82, 2.24) is 20.0 Å². The number of carbonyl (C=O) groups excluding carboxylic acids is 5. The second-order valence-corrected chi connectivity index (χ2v) is 28.1. The van der Waals surface area contributed by atoms with Crippen LogP contribution >= 0.6 is 27.5 Å². The van der Waals surface area contributed by atoms with Gasteiger partial charge in [-0.25, -0.2) is 0 Å². The summed E-state index contributed by atoms with van der Waals surface area (Å²) in [5, 5.41) is 23.0. The number of nitrogens with one attached hydrogen (secondary N) is 2. The van der Waals surface area contributed by atoms with Crippen LogP contribution in [0.5, 0.6) is 0 Å². The number of aliphatic hydroxyl groups excluding tert-OH is 1. The molecule has 0 unspecified atom stereocenters. The van der Waals surface area contributed by atoms with Gasteiger partial charge in [0, 0.05) is 225 Å². The Bertz CT molecular complexity index is 3460. The average Bonchev–Trinajstić information content (AvgIpc) is 0.972. The summed E-state index contributed by atoms with van der Waals surface area (Å²) in [4.78, 5) is 60.7. The molecule has 0 aromatic heterocycles. The van der Waals surface area contributed by atoms with Gasteiger partial charge in [-0.05, 0) is 105 Å². The smallest absolute Gasteiger partial charge is 1.00 e. The van der Waals surface area contributed by atoms with Gasteiger partial charge in [-0.15, -0.1) is 0 Å². The van der Waals surface area contributed by atoms with Crippen molar-refractivity contribution in [2.45, 2.75) is 124 Å². The van der Waals surface area contributed by atoms with Crippen molar-refractivity contribution in [2.75, 3.05) is 147 Å². The third kappa shape index (κ3) is 89.0. The van der Waals surface area contributed by atoms with Crippen LogP contribution in [0.25, 0.3) is 0 Å². The number of nitrogens with zero attached hydrogens (tertiary/aromatic N) is 3. The molecule has 0 amide bonds. The van der Waals surface area contributed by atoms with Crippen molar-refractivity contribution in [1.29, 1.82) is 0 Å². The number of halogens is 2. The molecule has 17 nitrogen and oxygen atoms in total. The molecule has 8 aromatic rings. The number of hydrogen-bond acceptors (Lipinski definition) is 17.